The van der Waals surface area contributed by atoms with Gasteiger partial charge in [-0.25, -0.2) is 0 Å². The van der Waals surface area contributed by atoms with Crippen LogP contribution in [0.1, 0.15) is 16.7 Å². The Balaban J connectivity index is 1.67. The smallest absolute Gasteiger partial charge is 0.262 e. The Morgan fingerprint density at radius 2 is 1.93 bits per heavy atom. The summed E-state index contributed by atoms with van der Waals surface area (Å²) < 4.78 is 1.71. The van der Waals surface area contributed by atoms with Gasteiger partial charge >= 0.3 is 0 Å². The van der Waals surface area contributed by atoms with Gasteiger partial charge in [-0.05, 0) is 23.3 Å². The van der Waals surface area contributed by atoms with Crippen LogP contribution in [0.3, 0.4) is 0 Å². The zero-order valence-electron chi connectivity index (χ0n) is 14.5. The van der Waals surface area contributed by atoms with E-state index in [-0.39, 0.29) is 5.57 Å². The fourth-order valence-electron chi connectivity index (χ4n) is 2.53. The average Bonchev–Trinajstić information content (AvgIpc) is 3.14. The van der Waals surface area contributed by atoms with Crippen LogP contribution in [0.25, 0.3) is 6.08 Å². The number of hydrogen-bond acceptors (Lipinski definition) is 3. The number of carbonyl (C=O) groups is 1. The highest BCUT2D eigenvalue weighted by Crippen LogP contribution is 2.16. The molecule has 0 aliphatic heterocycles. The van der Waals surface area contributed by atoms with Crippen LogP contribution in [0.5, 0.6) is 0 Å². The summed E-state index contributed by atoms with van der Waals surface area (Å²) in [5.74, 6) is -0.416. The number of carbonyl (C=O) groups excluding carboxylic acids is 1. The zero-order chi connectivity index (χ0) is 19.1. The van der Waals surface area contributed by atoms with Crippen molar-refractivity contribution < 1.29 is 4.79 Å². The third kappa shape index (κ3) is 5.06. The van der Waals surface area contributed by atoms with Gasteiger partial charge in [0.15, 0.2) is 0 Å². The predicted octanol–water partition coefficient (Wildman–Crippen LogP) is 3.81. The molecule has 1 amide bonds. The molecule has 0 fully saturated rings. The molecular weight excluding hydrogens is 360 g/mol. The highest BCUT2D eigenvalue weighted by atomic mass is 35.5. The summed E-state index contributed by atoms with van der Waals surface area (Å²) in [5.41, 5.74) is 2.62. The zero-order valence-corrected chi connectivity index (χ0v) is 15.2. The van der Waals surface area contributed by atoms with E-state index in [4.69, 9.17) is 11.6 Å². The number of hydrogen-bond donors (Lipinski definition) is 1. The van der Waals surface area contributed by atoms with Crippen molar-refractivity contribution >= 4 is 23.6 Å². The Kier molecular flexibility index (Phi) is 6.03. The van der Waals surface area contributed by atoms with Crippen molar-refractivity contribution in [1.82, 2.24) is 15.1 Å². The number of nitriles is 1. The van der Waals surface area contributed by atoms with E-state index < -0.39 is 5.91 Å². The van der Waals surface area contributed by atoms with Gasteiger partial charge in [0.05, 0.1) is 12.7 Å². The van der Waals surface area contributed by atoms with Gasteiger partial charge in [0.25, 0.3) is 5.91 Å². The van der Waals surface area contributed by atoms with Gasteiger partial charge < -0.3 is 5.32 Å². The SMILES string of the molecule is N#C/C(=C\c1cnn(Cc2ccccc2Cl)c1)C(=O)NCc1ccccc1. The van der Waals surface area contributed by atoms with Crippen LogP contribution in [0.4, 0.5) is 0 Å². The van der Waals surface area contributed by atoms with Gasteiger partial charge in [0.2, 0.25) is 0 Å². The number of benzene rings is 2. The molecule has 0 unspecified atom stereocenters. The molecule has 1 aromatic heterocycles. The Hall–Kier alpha value is -3.36. The lowest BCUT2D eigenvalue weighted by atomic mass is 10.2. The van der Waals surface area contributed by atoms with Gasteiger partial charge in [-0.3, -0.25) is 9.48 Å². The van der Waals surface area contributed by atoms with Crippen molar-refractivity contribution in [2.75, 3.05) is 0 Å². The Labute approximate surface area is 162 Å². The first-order valence-electron chi connectivity index (χ1n) is 8.35. The fourth-order valence-corrected chi connectivity index (χ4v) is 2.73. The van der Waals surface area contributed by atoms with Gasteiger partial charge in [0.1, 0.15) is 11.6 Å². The van der Waals surface area contributed by atoms with Crippen LogP contribution in [-0.2, 0) is 17.9 Å². The van der Waals surface area contributed by atoms with Crippen LogP contribution in [0, 0.1) is 11.3 Å². The molecule has 6 heteroatoms. The minimum atomic E-state index is -0.416. The summed E-state index contributed by atoms with van der Waals surface area (Å²) in [6, 6.07) is 19.0. The normalized spacial score (nSPS) is 11.0. The molecule has 27 heavy (non-hydrogen) atoms. The summed E-state index contributed by atoms with van der Waals surface area (Å²) in [7, 11) is 0. The van der Waals surface area contributed by atoms with E-state index in [9.17, 15) is 10.1 Å². The minimum Gasteiger partial charge on any atom is -0.347 e. The van der Waals surface area contributed by atoms with E-state index in [2.05, 4.69) is 10.4 Å². The number of aromatic nitrogens is 2. The molecule has 0 saturated carbocycles. The first-order chi connectivity index (χ1) is 13.2. The molecular formula is C21H17ClN4O. The molecule has 0 bridgehead atoms. The minimum absolute atomic E-state index is 0.0308. The van der Waals surface area contributed by atoms with Crippen molar-refractivity contribution in [1.29, 1.82) is 5.26 Å². The molecule has 134 valence electrons. The highest BCUT2D eigenvalue weighted by molar-refractivity contribution is 6.31. The Bertz CT molecular complexity index is 1000. The van der Waals surface area contributed by atoms with Gasteiger partial charge in [-0.1, -0.05) is 60.1 Å². The van der Waals surface area contributed by atoms with Crippen LogP contribution >= 0.6 is 11.6 Å². The second kappa shape index (κ2) is 8.84. The first kappa shape index (κ1) is 18.4. The lowest BCUT2D eigenvalue weighted by Gasteiger charge is -2.04. The fraction of sp³-hybridized carbons (Fsp3) is 0.0952. The maximum absolute atomic E-state index is 12.2. The van der Waals surface area contributed by atoms with Crippen molar-refractivity contribution in [3.63, 3.8) is 0 Å². The van der Waals surface area contributed by atoms with Crippen molar-refractivity contribution in [3.8, 4) is 6.07 Å². The van der Waals surface area contributed by atoms with Crippen molar-refractivity contribution in [2.24, 2.45) is 0 Å². The molecule has 0 aliphatic rings. The largest absolute Gasteiger partial charge is 0.347 e. The first-order valence-corrected chi connectivity index (χ1v) is 8.73. The molecule has 1 N–H and O–H groups in total. The van der Waals surface area contributed by atoms with E-state index in [1.165, 1.54) is 6.08 Å². The summed E-state index contributed by atoms with van der Waals surface area (Å²) in [6.45, 7) is 0.875. The third-order valence-electron chi connectivity index (χ3n) is 3.92. The molecule has 0 atom stereocenters. The van der Waals surface area contributed by atoms with Crippen molar-refractivity contribution in [2.45, 2.75) is 13.1 Å². The summed E-state index contributed by atoms with van der Waals surface area (Å²) >= 11 is 6.17. The van der Waals surface area contributed by atoms with Crippen LogP contribution in [-0.4, -0.2) is 15.7 Å². The number of rotatable bonds is 6. The van der Waals surface area contributed by atoms with Crippen LogP contribution in [0.15, 0.2) is 72.6 Å². The molecule has 3 aromatic rings. The molecule has 0 aliphatic carbocycles. The summed E-state index contributed by atoms with van der Waals surface area (Å²) in [5, 5.41) is 17.0. The van der Waals surface area contributed by atoms with Crippen molar-refractivity contribution in [3.05, 3.63) is 94.3 Å². The van der Waals surface area contributed by atoms with Crippen LogP contribution < -0.4 is 5.32 Å². The molecule has 3 rings (SSSR count). The summed E-state index contributed by atoms with van der Waals surface area (Å²) in [4.78, 5) is 12.2. The van der Waals surface area contributed by atoms with E-state index in [0.717, 1.165) is 11.1 Å². The lowest BCUT2D eigenvalue weighted by molar-refractivity contribution is -0.117. The molecule has 0 spiro atoms. The van der Waals surface area contributed by atoms with E-state index in [0.29, 0.717) is 23.7 Å². The second-order valence-corrected chi connectivity index (χ2v) is 6.31. The standard InChI is InChI=1S/C21H17ClN4O/c22-20-9-5-4-8-18(20)15-26-14-17(13-25-26)10-19(11-23)21(27)24-12-16-6-2-1-3-7-16/h1-10,13-14H,12,15H2,(H,24,27)/b19-10+. The highest BCUT2D eigenvalue weighted by Gasteiger charge is 2.10. The quantitative estimate of drug-likeness (QED) is 0.525. The van der Waals surface area contributed by atoms with Gasteiger partial charge in [-0.2, -0.15) is 10.4 Å². The molecule has 0 saturated heterocycles. The van der Waals surface area contributed by atoms with E-state index in [1.807, 2.05) is 60.7 Å². The molecule has 0 radical (unpaired) electrons. The number of amides is 1. The second-order valence-electron chi connectivity index (χ2n) is 5.90. The topological polar surface area (TPSA) is 70.7 Å². The Morgan fingerprint density at radius 1 is 1.19 bits per heavy atom. The Morgan fingerprint density at radius 3 is 2.67 bits per heavy atom. The third-order valence-corrected chi connectivity index (χ3v) is 4.28. The van der Waals surface area contributed by atoms with Gasteiger partial charge in [0, 0.05) is 23.3 Å². The van der Waals surface area contributed by atoms with E-state index >= 15 is 0 Å². The summed E-state index contributed by atoms with van der Waals surface area (Å²) in [6.07, 6.45) is 4.90. The number of nitrogens with one attached hydrogen (secondary N) is 1. The predicted molar refractivity (Wildman–Crippen MR) is 105 cm³/mol. The maximum Gasteiger partial charge on any atom is 0.262 e. The number of nitrogens with zero attached hydrogens (tertiary/aromatic N) is 3. The molecule has 1 heterocycles. The van der Waals surface area contributed by atoms with Crippen LogP contribution in [0.2, 0.25) is 5.02 Å². The molecule has 5 nitrogen and oxygen atoms in total. The monoisotopic (exact) mass is 376 g/mol. The van der Waals surface area contributed by atoms with E-state index in [1.54, 1.807) is 17.1 Å². The number of halogens is 1. The lowest BCUT2D eigenvalue weighted by Crippen LogP contribution is -2.23. The maximum atomic E-state index is 12.2. The van der Waals surface area contributed by atoms with Gasteiger partial charge in [-0.15, -0.1) is 0 Å². The molecule has 2 aromatic carbocycles. The average molecular weight is 377 g/mol.